The number of likely N-dealkylation sites (tertiary alicyclic amines) is 1. The molecule has 190 valence electrons. The number of pyridine rings is 1. The number of fused-ring (bicyclic) bond motifs is 1. The largest absolute Gasteiger partial charge is 0.492 e. The van der Waals surface area contributed by atoms with Gasteiger partial charge >= 0.3 is 0 Å². The van der Waals surface area contributed by atoms with Gasteiger partial charge in [-0.3, -0.25) is 14.7 Å². The van der Waals surface area contributed by atoms with Gasteiger partial charge in [0.15, 0.2) is 0 Å². The van der Waals surface area contributed by atoms with E-state index in [1.165, 1.54) is 24.0 Å². The molecular weight excluding hydrogens is 450 g/mol. The molecule has 0 saturated carbocycles. The molecule has 36 heavy (non-hydrogen) atoms. The van der Waals surface area contributed by atoms with Crippen molar-refractivity contribution >= 4 is 5.91 Å². The molecule has 4 heterocycles. The third-order valence-corrected chi connectivity index (χ3v) is 7.76. The molecule has 2 aliphatic rings. The van der Waals surface area contributed by atoms with Crippen molar-refractivity contribution in [3.63, 3.8) is 0 Å². The number of nitrogens with zero attached hydrogens (tertiary/aromatic N) is 5. The minimum atomic E-state index is 0.0517. The van der Waals surface area contributed by atoms with Crippen LogP contribution in [0.4, 0.5) is 0 Å². The molecule has 0 bridgehead atoms. The number of rotatable bonds is 3. The lowest BCUT2D eigenvalue weighted by molar-refractivity contribution is 0.0357. The lowest BCUT2D eigenvalue weighted by Gasteiger charge is -2.45. The fourth-order valence-corrected chi connectivity index (χ4v) is 5.75. The molecule has 7 nitrogen and oxygen atoms in total. The molecule has 2 aromatic heterocycles. The Bertz CT molecular complexity index is 1140. The third-order valence-electron chi connectivity index (χ3n) is 7.76. The molecule has 0 radical (unpaired) electrons. The van der Waals surface area contributed by atoms with Gasteiger partial charge in [0.05, 0.1) is 6.33 Å². The molecule has 0 atom stereocenters. The van der Waals surface area contributed by atoms with E-state index in [9.17, 15) is 4.79 Å². The summed E-state index contributed by atoms with van der Waals surface area (Å²) in [4.78, 5) is 26.2. The van der Waals surface area contributed by atoms with E-state index in [1.807, 2.05) is 41.2 Å². The van der Waals surface area contributed by atoms with Crippen LogP contribution in [-0.2, 0) is 20.0 Å². The maximum Gasteiger partial charge on any atom is 0.274 e. The SMILES string of the molecule is Cn1cnc(C(=O)N2CCC3(CCCCc4ccccc4OCCN(Cc4cccnc4)C3)CC2)c1. The summed E-state index contributed by atoms with van der Waals surface area (Å²) in [6.45, 7) is 4.97. The van der Waals surface area contributed by atoms with Crippen molar-refractivity contribution in [3.8, 4) is 5.75 Å². The van der Waals surface area contributed by atoms with Gasteiger partial charge in [0, 0.05) is 58.4 Å². The van der Waals surface area contributed by atoms with Crippen molar-refractivity contribution in [1.82, 2.24) is 24.3 Å². The zero-order valence-corrected chi connectivity index (χ0v) is 21.3. The Balaban J connectivity index is 1.32. The number of carbonyl (C=O) groups excluding carboxylic acids is 1. The van der Waals surface area contributed by atoms with Gasteiger partial charge in [-0.2, -0.15) is 0 Å². The van der Waals surface area contributed by atoms with E-state index < -0.39 is 0 Å². The lowest BCUT2D eigenvalue weighted by Crippen LogP contribution is -2.48. The molecular formula is C29H37N5O2. The van der Waals surface area contributed by atoms with Crippen molar-refractivity contribution < 1.29 is 9.53 Å². The standard InChI is InChI=1S/C29H37N5O2/c1-32-21-26(31-23-32)28(35)34-15-12-29(13-16-34)11-5-4-9-25-8-2-3-10-27(25)36-18-17-33(22-29)20-24-7-6-14-30-19-24/h2-3,6-8,10,14,19,21,23H,4-5,9,11-13,15-18,20,22H2,1H3. The fourth-order valence-electron chi connectivity index (χ4n) is 5.75. The van der Waals surface area contributed by atoms with E-state index in [1.54, 1.807) is 6.33 Å². The number of benzene rings is 1. The van der Waals surface area contributed by atoms with E-state index in [-0.39, 0.29) is 11.3 Å². The Kier molecular flexibility index (Phi) is 7.66. The molecule has 1 amide bonds. The van der Waals surface area contributed by atoms with Crippen LogP contribution >= 0.6 is 0 Å². The van der Waals surface area contributed by atoms with Crippen LogP contribution in [0.2, 0.25) is 0 Å². The number of ether oxygens (including phenoxy) is 1. The zero-order valence-electron chi connectivity index (χ0n) is 21.3. The summed E-state index contributed by atoms with van der Waals surface area (Å²) in [6, 6.07) is 12.6. The van der Waals surface area contributed by atoms with Gasteiger partial charge in [-0.05, 0) is 60.8 Å². The maximum atomic E-state index is 13.0. The molecule has 0 N–H and O–H groups in total. The summed E-state index contributed by atoms with van der Waals surface area (Å²) < 4.78 is 8.12. The summed E-state index contributed by atoms with van der Waals surface area (Å²) in [5, 5.41) is 0. The molecule has 3 aromatic rings. The van der Waals surface area contributed by atoms with Crippen molar-refractivity contribution in [3.05, 3.63) is 78.1 Å². The van der Waals surface area contributed by atoms with E-state index >= 15 is 0 Å². The second-order valence-electron chi connectivity index (χ2n) is 10.5. The number of hydrogen-bond donors (Lipinski definition) is 0. The molecule has 0 aliphatic carbocycles. The first-order valence-corrected chi connectivity index (χ1v) is 13.2. The normalized spacial score (nSPS) is 19.1. The van der Waals surface area contributed by atoms with Crippen LogP contribution in [-0.4, -0.2) is 63.0 Å². The van der Waals surface area contributed by atoms with Crippen molar-refractivity contribution in [2.24, 2.45) is 12.5 Å². The summed E-state index contributed by atoms with van der Waals surface area (Å²) in [7, 11) is 1.90. The maximum absolute atomic E-state index is 13.0. The van der Waals surface area contributed by atoms with E-state index in [0.717, 1.165) is 64.2 Å². The average Bonchev–Trinajstić information content (AvgIpc) is 3.33. The van der Waals surface area contributed by atoms with Crippen molar-refractivity contribution in [1.29, 1.82) is 0 Å². The highest BCUT2D eigenvalue weighted by Crippen LogP contribution is 2.39. The smallest absolute Gasteiger partial charge is 0.274 e. The molecule has 1 aromatic carbocycles. The van der Waals surface area contributed by atoms with Crippen LogP contribution in [0.15, 0.2) is 61.3 Å². The van der Waals surface area contributed by atoms with Crippen LogP contribution < -0.4 is 4.74 Å². The van der Waals surface area contributed by atoms with Crippen LogP contribution in [0.3, 0.4) is 0 Å². The lowest BCUT2D eigenvalue weighted by atomic mass is 9.73. The minimum absolute atomic E-state index is 0.0517. The summed E-state index contributed by atoms with van der Waals surface area (Å²) in [6.07, 6.45) is 13.9. The Morgan fingerprint density at radius 3 is 2.69 bits per heavy atom. The fraction of sp³-hybridized carbons (Fsp3) is 0.483. The van der Waals surface area contributed by atoms with Crippen LogP contribution in [0, 0.1) is 5.41 Å². The number of aryl methyl sites for hydroxylation is 2. The van der Waals surface area contributed by atoms with E-state index in [0.29, 0.717) is 12.3 Å². The van der Waals surface area contributed by atoms with Crippen LogP contribution in [0.5, 0.6) is 5.75 Å². The first kappa shape index (κ1) is 24.5. The monoisotopic (exact) mass is 487 g/mol. The van der Waals surface area contributed by atoms with Gasteiger partial charge in [-0.25, -0.2) is 4.98 Å². The quantitative estimate of drug-likeness (QED) is 0.550. The number of amides is 1. The molecule has 7 heteroatoms. The second-order valence-corrected chi connectivity index (χ2v) is 10.5. The number of para-hydroxylation sites is 1. The van der Waals surface area contributed by atoms with Gasteiger partial charge < -0.3 is 14.2 Å². The van der Waals surface area contributed by atoms with E-state index in [4.69, 9.17) is 4.74 Å². The van der Waals surface area contributed by atoms with Crippen LogP contribution in [0.1, 0.15) is 53.7 Å². The van der Waals surface area contributed by atoms with Crippen LogP contribution in [0.25, 0.3) is 0 Å². The molecule has 1 fully saturated rings. The Hall–Kier alpha value is -3.19. The molecule has 0 unspecified atom stereocenters. The molecule has 1 saturated heterocycles. The zero-order chi connectivity index (χ0) is 24.8. The van der Waals surface area contributed by atoms with Crippen molar-refractivity contribution in [2.45, 2.75) is 45.1 Å². The summed E-state index contributed by atoms with van der Waals surface area (Å²) >= 11 is 0. The topological polar surface area (TPSA) is 63.5 Å². The summed E-state index contributed by atoms with van der Waals surface area (Å²) in [5.41, 5.74) is 3.27. The Morgan fingerprint density at radius 1 is 1.06 bits per heavy atom. The Labute approximate surface area is 214 Å². The van der Waals surface area contributed by atoms with Crippen molar-refractivity contribution in [2.75, 3.05) is 32.8 Å². The number of aromatic nitrogens is 3. The second kappa shape index (κ2) is 11.2. The highest BCUT2D eigenvalue weighted by molar-refractivity contribution is 5.92. The van der Waals surface area contributed by atoms with Gasteiger partial charge in [-0.15, -0.1) is 0 Å². The first-order valence-electron chi connectivity index (χ1n) is 13.2. The average molecular weight is 488 g/mol. The van der Waals surface area contributed by atoms with Gasteiger partial charge in [0.2, 0.25) is 0 Å². The summed E-state index contributed by atoms with van der Waals surface area (Å²) in [5.74, 6) is 1.08. The predicted octanol–water partition coefficient (Wildman–Crippen LogP) is 4.35. The number of piperidine rings is 1. The third kappa shape index (κ3) is 5.95. The van der Waals surface area contributed by atoms with Gasteiger partial charge in [0.1, 0.15) is 18.1 Å². The molecule has 1 spiro atoms. The number of carbonyl (C=O) groups is 1. The number of imidazole rings is 1. The predicted molar refractivity (Wildman–Crippen MR) is 140 cm³/mol. The molecule has 2 aliphatic heterocycles. The highest BCUT2D eigenvalue weighted by Gasteiger charge is 2.37. The van der Waals surface area contributed by atoms with Gasteiger partial charge in [0.25, 0.3) is 5.91 Å². The first-order chi connectivity index (χ1) is 17.6. The minimum Gasteiger partial charge on any atom is -0.492 e. The number of hydrogen-bond acceptors (Lipinski definition) is 5. The van der Waals surface area contributed by atoms with E-state index in [2.05, 4.69) is 45.2 Å². The van der Waals surface area contributed by atoms with Gasteiger partial charge in [-0.1, -0.05) is 30.7 Å². The Morgan fingerprint density at radius 2 is 1.92 bits per heavy atom. The highest BCUT2D eigenvalue weighted by atomic mass is 16.5. The molecule has 5 rings (SSSR count).